The molecule has 0 aromatic heterocycles. The zero-order valence-corrected chi connectivity index (χ0v) is 15.3. The number of hydrogen-bond donors (Lipinski definition) is 4. The highest BCUT2D eigenvalue weighted by atomic mass is 16.4. The number of nitrogens with one attached hydrogen (secondary N) is 2. The van der Waals surface area contributed by atoms with Gasteiger partial charge in [0, 0.05) is 13.0 Å². The van der Waals surface area contributed by atoms with Crippen molar-refractivity contribution in [3.63, 3.8) is 0 Å². The zero-order valence-electron chi connectivity index (χ0n) is 15.3. The molecule has 0 aliphatic rings. The number of amides is 3. The van der Waals surface area contributed by atoms with E-state index in [4.69, 9.17) is 10.8 Å². The van der Waals surface area contributed by atoms with Crippen LogP contribution < -0.4 is 16.4 Å². The second-order valence-electron chi connectivity index (χ2n) is 6.20. The first-order valence-electron chi connectivity index (χ1n) is 9.07. The quantitative estimate of drug-likeness (QED) is 0.239. The number of carboxylic acid groups (broad SMARTS) is 1. The fourth-order valence-electron chi connectivity index (χ4n) is 2.42. The van der Waals surface area contributed by atoms with Crippen LogP contribution in [0.3, 0.4) is 0 Å². The summed E-state index contributed by atoms with van der Waals surface area (Å²) in [5.41, 5.74) is 4.96. The SMILES string of the molecule is C=CC(=O)NCCCCCCCCCCC(=O)N[C@@H](CC(N)=O)C(=O)O. The fourth-order valence-corrected chi connectivity index (χ4v) is 2.42. The smallest absolute Gasteiger partial charge is 0.326 e. The molecule has 0 bridgehead atoms. The van der Waals surface area contributed by atoms with Crippen molar-refractivity contribution < 1.29 is 24.3 Å². The van der Waals surface area contributed by atoms with Crippen LogP contribution in [0.5, 0.6) is 0 Å². The number of carboxylic acids is 1. The van der Waals surface area contributed by atoms with Crippen molar-refractivity contribution in [3.05, 3.63) is 12.7 Å². The Morgan fingerprint density at radius 2 is 1.50 bits per heavy atom. The number of carbonyl (C=O) groups excluding carboxylic acids is 3. The molecular weight excluding hydrogens is 338 g/mol. The predicted octanol–water partition coefficient (Wildman–Crippen LogP) is 1.24. The number of unbranched alkanes of at least 4 members (excludes halogenated alkanes) is 7. The molecule has 3 amide bonds. The van der Waals surface area contributed by atoms with E-state index in [9.17, 15) is 19.2 Å². The minimum Gasteiger partial charge on any atom is -0.480 e. The number of primary amides is 1. The summed E-state index contributed by atoms with van der Waals surface area (Å²) < 4.78 is 0. The molecule has 0 aromatic carbocycles. The number of nitrogens with two attached hydrogens (primary N) is 1. The van der Waals surface area contributed by atoms with Gasteiger partial charge in [-0.05, 0) is 18.9 Å². The summed E-state index contributed by atoms with van der Waals surface area (Å²) in [7, 11) is 0. The first-order valence-corrected chi connectivity index (χ1v) is 9.07. The third-order valence-electron chi connectivity index (χ3n) is 3.85. The zero-order chi connectivity index (χ0) is 19.8. The molecule has 0 heterocycles. The molecule has 0 rings (SSSR count). The van der Waals surface area contributed by atoms with Crippen LogP contribution in [0.25, 0.3) is 0 Å². The third kappa shape index (κ3) is 14.0. The summed E-state index contributed by atoms with van der Waals surface area (Å²) in [6.07, 6.45) is 9.03. The average molecular weight is 369 g/mol. The van der Waals surface area contributed by atoms with E-state index < -0.39 is 24.3 Å². The van der Waals surface area contributed by atoms with Gasteiger partial charge in [-0.3, -0.25) is 14.4 Å². The van der Waals surface area contributed by atoms with Gasteiger partial charge < -0.3 is 21.5 Å². The van der Waals surface area contributed by atoms with Crippen LogP contribution in [0, 0.1) is 0 Å². The van der Waals surface area contributed by atoms with Crippen molar-refractivity contribution in [1.29, 1.82) is 0 Å². The molecule has 0 aliphatic carbocycles. The van der Waals surface area contributed by atoms with Crippen LogP contribution >= 0.6 is 0 Å². The fraction of sp³-hybridized carbons (Fsp3) is 0.667. The molecule has 0 saturated heterocycles. The molecule has 5 N–H and O–H groups in total. The first kappa shape index (κ1) is 23.6. The Morgan fingerprint density at radius 1 is 0.962 bits per heavy atom. The summed E-state index contributed by atoms with van der Waals surface area (Å²) in [5.74, 6) is -2.54. The highest BCUT2D eigenvalue weighted by Crippen LogP contribution is 2.09. The Morgan fingerprint density at radius 3 is 2.00 bits per heavy atom. The van der Waals surface area contributed by atoms with E-state index in [-0.39, 0.29) is 18.2 Å². The van der Waals surface area contributed by atoms with Crippen molar-refractivity contribution in [2.45, 2.75) is 70.3 Å². The van der Waals surface area contributed by atoms with Gasteiger partial charge in [-0.2, -0.15) is 0 Å². The van der Waals surface area contributed by atoms with Gasteiger partial charge in [0.25, 0.3) is 0 Å². The van der Waals surface area contributed by atoms with Crippen molar-refractivity contribution in [2.75, 3.05) is 6.54 Å². The molecule has 0 radical (unpaired) electrons. The van der Waals surface area contributed by atoms with E-state index in [1.54, 1.807) is 0 Å². The predicted molar refractivity (Wildman–Crippen MR) is 98.1 cm³/mol. The van der Waals surface area contributed by atoms with Crippen LogP contribution in [0.4, 0.5) is 0 Å². The molecule has 0 saturated carbocycles. The van der Waals surface area contributed by atoms with Gasteiger partial charge in [-0.1, -0.05) is 45.1 Å². The average Bonchev–Trinajstić information content (AvgIpc) is 2.58. The lowest BCUT2D eigenvalue weighted by Gasteiger charge is -2.12. The van der Waals surface area contributed by atoms with Crippen LogP contribution in [-0.2, 0) is 19.2 Å². The number of aliphatic carboxylic acids is 1. The topological polar surface area (TPSA) is 139 Å². The Balaban J connectivity index is 3.55. The second-order valence-corrected chi connectivity index (χ2v) is 6.20. The van der Waals surface area contributed by atoms with E-state index in [1.807, 2.05) is 0 Å². The molecule has 0 aromatic rings. The molecule has 0 unspecified atom stereocenters. The molecule has 8 nitrogen and oxygen atoms in total. The molecule has 26 heavy (non-hydrogen) atoms. The van der Waals surface area contributed by atoms with Gasteiger partial charge in [0.2, 0.25) is 17.7 Å². The van der Waals surface area contributed by atoms with Crippen LogP contribution in [0.15, 0.2) is 12.7 Å². The molecule has 0 fully saturated rings. The summed E-state index contributed by atoms with van der Waals surface area (Å²) in [5, 5.41) is 14.0. The standard InChI is InChI=1S/C18H31N3O5/c1-2-16(23)20-12-10-8-6-4-3-5-7-9-11-17(24)21-14(18(25)26)13-15(19)22/h2,14H,1,3-13H2,(H2,19,22)(H,20,23)(H,21,24)(H,25,26)/t14-/m0/s1. The van der Waals surface area contributed by atoms with Gasteiger partial charge in [0.1, 0.15) is 6.04 Å². The monoisotopic (exact) mass is 369 g/mol. The molecule has 0 aliphatic heterocycles. The van der Waals surface area contributed by atoms with Crippen LogP contribution in [0.1, 0.15) is 64.2 Å². The highest BCUT2D eigenvalue weighted by Gasteiger charge is 2.21. The molecular formula is C18H31N3O5. The molecule has 148 valence electrons. The Hall–Kier alpha value is -2.38. The lowest BCUT2D eigenvalue weighted by atomic mass is 10.1. The molecule has 0 spiro atoms. The Kier molecular flexibility index (Phi) is 13.6. The largest absolute Gasteiger partial charge is 0.480 e. The number of carbonyl (C=O) groups is 4. The van der Waals surface area contributed by atoms with Crippen molar-refractivity contribution in [1.82, 2.24) is 10.6 Å². The summed E-state index contributed by atoms with van der Waals surface area (Å²) in [6.45, 7) is 4.06. The second kappa shape index (κ2) is 14.9. The van der Waals surface area contributed by atoms with Crippen LogP contribution in [0.2, 0.25) is 0 Å². The highest BCUT2D eigenvalue weighted by molar-refractivity contribution is 5.88. The normalized spacial score (nSPS) is 11.4. The lowest BCUT2D eigenvalue weighted by Crippen LogP contribution is -2.43. The molecule has 8 heteroatoms. The van der Waals surface area contributed by atoms with E-state index in [2.05, 4.69) is 17.2 Å². The van der Waals surface area contributed by atoms with Gasteiger partial charge in [-0.25, -0.2) is 4.79 Å². The minimum atomic E-state index is -1.26. The minimum absolute atomic E-state index is 0.140. The van der Waals surface area contributed by atoms with Gasteiger partial charge in [0.05, 0.1) is 6.42 Å². The Labute approximate surface area is 154 Å². The Bertz CT molecular complexity index is 479. The maximum absolute atomic E-state index is 11.7. The number of hydrogen-bond acceptors (Lipinski definition) is 4. The lowest BCUT2D eigenvalue weighted by molar-refractivity contribution is -0.143. The van der Waals surface area contributed by atoms with E-state index in [0.29, 0.717) is 13.0 Å². The van der Waals surface area contributed by atoms with Gasteiger partial charge in [0.15, 0.2) is 0 Å². The van der Waals surface area contributed by atoms with E-state index >= 15 is 0 Å². The third-order valence-corrected chi connectivity index (χ3v) is 3.85. The number of rotatable bonds is 16. The van der Waals surface area contributed by atoms with E-state index in [1.165, 1.54) is 6.08 Å². The maximum Gasteiger partial charge on any atom is 0.326 e. The molecule has 1 atom stereocenters. The van der Waals surface area contributed by atoms with Gasteiger partial charge in [-0.15, -0.1) is 0 Å². The maximum atomic E-state index is 11.7. The van der Waals surface area contributed by atoms with Crippen molar-refractivity contribution in [2.24, 2.45) is 5.73 Å². The van der Waals surface area contributed by atoms with E-state index in [0.717, 1.165) is 44.9 Å². The van der Waals surface area contributed by atoms with Crippen LogP contribution in [-0.4, -0.2) is 41.4 Å². The first-order chi connectivity index (χ1) is 12.4. The summed E-state index contributed by atoms with van der Waals surface area (Å²) in [6, 6.07) is -1.25. The van der Waals surface area contributed by atoms with Crippen molar-refractivity contribution >= 4 is 23.7 Å². The van der Waals surface area contributed by atoms with Gasteiger partial charge >= 0.3 is 5.97 Å². The summed E-state index contributed by atoms with van der Waals surface area (Å²) >= 11 is 0. The van der Waals surface area contributed by atoms with Crippen molar-refractivity contribution in [3.8, 4) is 0 Å². The summed E-state index contributed by atoms with van der Waals surface area (Å²) in [4.78, 5) is 44.3.